The number of aromatic nitrogens is 2. The van der Waals surface area contributed by atoms with E-state index in [-0.39, 0.29) is 0 Å². The van der Waals surface area contributed by atoms with Gasteiger partial charge in [0, 0.05) is 23.8 Å². The third-order valence-electron chi connectivity index (χ3n) is 5.30. The molecular formula is C18H25N3. The number of piperidine rings is 1. The largest absolute Gasteiger partial charge is 0.343 e. The Balaban J connectivity index is 1.70. The van der Waals surface area contributed by atoms with Crippen molar-refractivity contribution in [3.63, 3.8) is 0 Å². The minimum absolute atomic E-state index is 0.735. The van der Waals surface area contributed by atoms with Crippen molar-refractivity contribution in [2.24, 2.45) is 0 Å². The van der Waals surface area contributed by atoms with Gasteiger partial charge in [-0.15, -0.1) is 0 Å². The van der Waals surface area contributed by atoms with E-state index in [0.29, 0.717) is 0 Å². The van der Waals surface area contributed by atoms with Crippen LogP contribution in [-0.4, -0.2) is 28.0 Å². The van der Waals surface area contributed by atoms with Crippen molar-refractivity contribution in [3.05, 3.63) is 29.6 Å². The molecule has 0 bridgehead atoms. The van der Waals surface area contributed by atoms with E-state index in [1.165, 1.54) is 74.7 Å². The quantitative estimate of drug-likeness (QED) is 0.915. The molecule has 1 aliphatic carbocycles. The van der Waals surface area contributed by atoms with Gasteiger partial charge in [0.05, 0.1) is 0 Å². The summed E-state index contributed by atoms with van der Waals surface area (Å²) < 4.78 is 0. The summed E-state index contributed by atoms with van der Waals surface area (Å²) in [6.07, 6.45) is 11.5. The van der Waals surface area contributed by atoms with E-state index in [2.05, 4.69) is 27.0 Å². The van der Waals surface area contributed by atoms with Crippen LogP contribution < -0.4 is 0 Å². The number of hydrogen-bond acceptors (Lipinski definition) is 2. The molecule has 0 atom stereocenters. The van der Waals surface area contributed by atoms with E-state index < -0.39 is 0 Å². The van der Waals surface area contributed by atoms with Crippen LogP contribution in [0.1, 0.15) is 62.1 Å². The lowest BCUT2D eigenvalue weighted by atomic mass is 9.98. The monoisotopic (exact) mass is 283 g/mol. The number of nitrogens with one attached hydrogen (secondary N) is 1. The van der Waals surface area contributed by atoms with Crippen molar-refractivity contribution in [3.8, 4) is 0 Å². The first-order valence-corrected chi connectivity index (χ1v) is 8.59. The summed E-state index contributed by atoms with van der Waals surface area (Å²) in [6.45, 7) is 3.63. The van der Waals surface area contributed by atoms with Gasteiger partial charge in [-0.05, 0) is 62.4 Å². The van der Waals surface area contributed by atoms with Gasteiger partial charge in [0.25, 0.3) is 0 Å². The summed E-state index contributed by atoms with van der Waals surface area (Å²) in [7, 11) is 0. The molecule has 1 saturated heterocycles. The van der Waals surface area contributed by atoms with Crippen molar-refractivity contribution in [1.82, 2.24) is 14.9 Å². The predicted molar refractivity (Wildman–Crippen MR) is 86.4 cm³/mol. The summed E-state index contributed by atoms with van der Waals surface area (Å²) in [6, 6.07) is 4.32. The van der Waals surface area contributed by atoms with Gasteiger partial charge in [-0.25, -0.2) is 4.98 Å². The molecule has 3 heteroatoms. The van der Waals surface area contributed by atoms with E-state index in [9.17, 15) is 0 Å². The maximum absolute atomic E-state index is 4.55. The van der Waals surface area contributed by atoms with Crippen LogP contribution in [0.15, 0.2) is 18.3 Å². The van der Waals surface area contributed by atoms with Crippen molar-refractivity contribution < 1.29 is 0 Å². The van der Waals surface area contributed by atoms with Crippen LogP contribution in [0.25, 0.3) is 11.0 Å². The SMILES string of the molecule is c1cnc2[nH]c(C3CCCC3)c(CN3CCCCC3)c2c1. The second-order valence-electron chi connectivity index (χ2n) is 6.73. The Bertz CT molecular complexity index is 604. The van der Waals surface area contributed by atoms with Gasteiger partial charge >= 0.3 is 0 Å². The average Bonchev–Trinajstić information content (AvgIpc) is 3.16. The van der Waals surface area contributed by atoms with Crippen LogP contribution in [0.2, 0.25) is 0 Å². The Morgan fingerprint density at radius 2 is 1.90 bits per heavy atom. The molecule has 2 fully saturated rings. The molecule has 0 amide bonds. The van der Waals surface area contributed by atoms with Gasteiger partial charge in [-0.2, -0.15) is 0 Å². The zero-order valence-electron chi connectivity index (χ0n) is 12.8. The molecule has 3 nitrogen and oxygen atoms in total. The molecule has 2 aromatic heterocycles. The lowest BCUT2D eigenvalue weighted by Gasteiger charge is -2.27. The number of H-pyrrole nitrogens is 1. The molecule has 1 N–H and O–H groups in total. The molecule has 4 rings (SSSR count). The third-order valence-corrected chi connectivity index (χ3v) is 5.30. The van der Waals surface area contributed by atoms with Crippen LogP contribution in [-0.2, 0) is 6.54 Å². The van der Waals surface area contributed by atoms with Crippen LogP contribution in [0, 0.1) is 0 Å². The zero-order chi connectivity index (χ0) is 14.1. The summed E-state index contributed by atoms with van der Waals surface area (Å²) in [5.74, 6) is 0.735. The van der Waals surface area contributed by atoms with Crippen molar-refractivity contribution in [2.75, 3.05) is 13.1 Å². The van der Waals surface area contributed by atoms with Gasteiger partial charge < -0.3 is 4.98 Å². The van der Waals surface area contributed by atoms with E-state index in [1.807, 2.05) is 6.20 Å². The van der Waals surface area contributed by atoms with E-state index >= 15 is 0 Å². The smallest absolute Gasteiger partial charge is 0.137 e. The van der Waals surface area contributed by atoms with E-state index in [1.54, 1.807) is 0 Å². The first-order valence-electron chi connectivity index (χ1n) is 8.59. The Morgan fingerprint density at radius 1 is 1.10 bits per heavy atom. The van der Waals surface area contributed by atoms with Crippen molar-refractivity contribution >= 4 is 11.0 Å². The topological polar surface area (TPSA) is 31.9 Å². The molecule has 0 unspecified atom stereocenters. The highest BCUT2D eigenvalue weighted by molar-refractivity contribution is 5.81. The van der Waals surface area contributed by atoms with Crippen molar-refractivity contribution in [2.45, 2.75) is 57.4 Å². The number of aromatic amines is 1. The molecule has 3 heterocycles. The van der Waals surface area contributed by atoms with Crippen LogP contribution in [0.5, 0.6) is 0 Å². The first kappa shape index (κ1) is 13.3. The van der Waals surface area contributed by atoms with Gasteiger partial charge in [-0.3, -0.25) is 4.90 Å². The Labute approximate surface area is 126 Å². The number of nitrogens with zero attached hydrogens (tertiary/aromatic N) is 2. The molecule has 2 aliphatic rings. The van der Waals surface area contributed by atoms with Gasteiger partial charge in [0.1, 0.15) is 5.65 Å². The highest BCUT2D eigenvalue weighted by atomic mass is 15.1. The highest BCUT2D eigenvalue weighted by Gasteiger charge is 2.25. The molecular weight excluding hydrogens is 258 g/mol. The van der Waals surface area contributed by atoms with Crippen molar-refractivity contribution in [1.29, 1.82) is 0 Å². The molecule has 0 spiro atoms. The number of fused-ring (bicyclic) bond motifs is 1. The summed E-state index contributed by atoms with van der Waals surface area (Å²) in [5, 5.41) is 1.35. The standard InChI is InChI=1S/C18H25N3/c1-4-11-21(12-5-1)13-16-15-9-6-10-19-18(15)20-17(16)14-7-2-3-8-14/h6,9-10,14H,1-5,7-8,11-13H2,(H,19,20). The Kier molecular flexibility index (Phi) is 3.68. The molecule has 2 aromatic rings. The lowest BCUT2D eigenvalue weighted by Crippen LogP contribution is -2.29. The second kappa shape index (κ2) is 5.80. The van der Waals surface area contributed by atoms with Gasteiger partial charge in [-0.1, -0.05) is 19.3 Å². The van der Waals surface area contributed by atoms with Crippen LogP contribution >= 0.6 is 0 Å². The first-order chi connectivity index (χ1) is 10.4. The lowest BCUT2D eigenvalue weighted by molar-refractivity contribution is 0.221. The summed E-state index contributed by atoms with van der Waals surface area (Å²) >= 11 is 0. The summed E-state index contributed by atoms with van der Waals surface area (Å²) in [4.78, 5) is 10.8. The van der Waals surface area contributed by atoms with Crippen LogP contribution in [0.4, 0.5) is 0 Å². The number of pyridine rings is 1. The molecule has 0 radical (unpaired) electrons. The molecule has 0 aromatic carbocycles. The maximum atomic E-state index is 4.55. The fourth-order valence-electron chi connectivity index (χ4n) is 4.17. The third kappa shape index (κ3) is 2.59. The van der Waals surface area contributed by atoms with E-state index in [0.717, 1.165) is 18.1 Å². The average molecular weight is 283 g/mol. The Hall–Kier alpha value is -1.35. The fraction of sp³-hybridized carbons (Fsp3) is 0.611. The number of rotatable bonds is 3. The maximum Gasteiger partial charge on any atom is 0.137 e. The second-order valence-corrected chi connectivity index (χ2v) is 6.73. The van der Waals surface area contributed by atoms with Gasteiger partial charge in [0.2, 0.25) is 0 Å². The normalized spacial score (nSPS) is 21.3. The Morgan fingerprint density at radius 3 is 2.71 bits per heavy atom. The minimum atomic E-state index is 0.735. The number of likely N-dealkylation sites (tertiary alicyclic amines) is 1. The zero-order valence-corrected chi connectivity index (χ0v) is 12.8. The molecule has 112 valence electrons. The fourth-order valence-corrected chi connectivity index (χ4v) is 4.17. The molecule has 1 aliphatic heterocycles. The highest BCUT2D eigenvalue weighted by Crippen LogP contribution is 2.38. The summed E-state index contributed by atoms with van der Waals surface area (Å²) in [5.41, 5.74) is 4.12. The minimum Gasteiger partial charge on any atom is -0.343 e. The van der Waals surface area contributed by atoms with E-state index in [4.69, 9.17) is 0 Å². The molecule has 21 heavy (non-hydrogen) atoms. The van der Waals surface area contributed by atoms with Crippen LogP contribution in [0.3, 0.4) is 0 Å². The van der Waals surface area contributed by atoms with Gasteiger partial charge in [0.15, 0.2) is 0 Å². The predicted octanol–water partition coefficient (Wildman–Crippen LogP) is 4.21. The molecule has 1 saturated carbocycles. The number of hydrogen-bond donors (Lipinski definition) is 1.